The third-order valence-corrected chi connectivity index (χ3v) is 2.54. The van der Waals surface area contributed by atoms with Gasteiger partial charge < -0.3 is 5.11 Å². The third kappa shape index (κ3) is 3.37. The molecule has 1 aromatic carbocycles. The topological polar surface area (TPSA) is 20.2 Å². The van der Waals surface area contributed by atoms with E-state index in [4.69, 9.17) is 6.42 Å². The summed E-state index contributed by atoms with van der Waals surface area (Å²) in [6, 6.07) is 7.83. The highest BCUT2D eigenvalue weighted by Gasteiger charge is 2.05. The van der Waals surface area contributed by atoms with Gasteiger partial charge in [0.1, 0.15) is 0 Å². The molecular weight excluding hydrogens is 275 g/mol. The minimum absolute atomic E-state index is 0.423. The van der Waals surface area contributed by atoms with Crippen molar-refractivity contribution in [2.24, 2.45) is 0 Å². The van der Waals surface area contributed by atoms with Gasteiger partial charge in [-0.1, -0.05) is 12.1 Å². The normalized spacial score (nSPS) is 12.1. The number of hydrogen-bond acceptors (Lipinski definition) is 1. The van der Waals surface area contributed by atoms with Crippen molar-refractivity contribution >= 4 is 22.6 Å². The smallest absolute Gasteiger partial charge is 0.0799 e. The van der Waals surface area contributed by atoms with Crippen LogP contribution >= 0.6 is 22.6 Å². The summed E-state index contributed by atoms with van der Waals surface area (Å²) in [6.07, 6.45) is 5.95. The molecule has 1 atom stereocenters. The molecule has 0 saturated heterocycles. The van der Waals surface area contributed by atoms with Gasteiger partial charge in [0.15, 0.2) is 0 Å². The molecule has 0 radical (unpaired) electrons. The first-order valence-corrected chi connectivity index (χ1v) is 5.19. The second kappa shape index (κ2) is 5.25. The van der Waals surface area contributed by atoms with E-state index >= 15 is 0 Å². The summed E-state index contributed by atoms with van der Waals surface area (Å²) in [5.41, 5.74) is 0.940. The molecule has 0 fully saturated rings. The lowest BCUT2D eigenvalue weighted by Gasteiger charge is -2.08. The van der Waals surface area contributed by atoms with Gasteiger partial charge >= 0.3 is 0 Å². The number of aliphatic hydroxyl groups is 1. The first kappa shape index (κ1) is 10.6. The highest BCUT2D eigenvalue weighted by molar-refractivity contribution is 14.1. The Morgan fingerprint density at radius 2 is 2.00 bits per heavy atom. The van der Waals surface area contributed by atoms with Gasteiger partial charge in [-0.3, -0.25) is 0 Å². The standard InChI is InChI=1S/C11H11IO/c1-2-3-4-11(13)9-5-7-10(12)8-6-9/h1,5-8,11,13H,3-4H2. The number of aliphatic hydroxyl groups excluding tert-OH is 1. The molecule has 13 heavy (non-hydrogen) atoms. The first-order valence-electron chi connectivity index (χ1n) is 4.11. The highest BCUT2D eigenvalue weighted by atomic mass is 127. The Balaban J connectivity index is 2.62. The van der Waals surface area contributed by atoms with Crippen molar-refractivity contribution in [1.29, 1.82) is 0 Å². The van der Waals surface area contributed by atoms with Crippen molar-refractivity contribution in [3.8, 4) is 12.3 Å². The third-order valence-electron chi connectivity index (χ3n) is 1.82. The maximum atomic E-state index is 9.64. The number of rotatable bonds is 3. The van der Waals surface area contributed by atoms with Gasteiger partial charge in [0.05, 0.1) is 6.10 Å². The number of hydrogen-bond donors (Lipinski definition) is 1. The number of halogens is 1. The molecule has 0 aliphatic carbocycles. The van der Waals surface area contributed by atoms with Crippen LogP contribution in [0, 0.1) is 15.9 Å². The fourth-order valence-corrected chi connectivity index (χ4v) is 1.43. The Morgan fingerprint density at radius 3 is 2.54 bits per heavy atom. The van der Waals surface area contributed by atoms with Crippen LogP contribution in [0.25, 0.3) is 0 Å². The van der Waals surface area contributed by atoms with Crippen LogP contribution in [-0.4, -0.2) is 5.11 Å². The molecule has 0 aliphatic rings. The van der Waals surface area contributed by atoms with E-state index in [9.17, 15) is 5.11 Å². The van der Waals surface area contributed by atoms with Crippen LogP contribution in [-0.2, 0) is 0 Å². The number of terminal acetylenes is 1. The van der Waals surface area contributed by atoms with E-state index in [1.165, 1.54) is 3.57 Å². The molecule has 2 heteroatoms. The molecule has 0 aromatic heterocycles. The molecule has 0 spiro atoms. The van der Waals surface area contributed by atoms with Gasteiger partial charge in [-0.15, -0.1) is 12.3 Å². The summed E-state index contributed by atoms with van der Waals surface area (Å²) in [6.45, 7) is 0. The minimum atomic E-state index is -0.423. The fraction of sp³-hybridized carbons (Fsp3) is 0.273. The Morgan fingerprint density at radius 1 is 1.38 bits per heavy atom. The second-order valence-corrected chi connectivity index (χ2v) is 4.06. The van der Waals surface area contributed by atoms with Crippen molar-refractivity contribution in [2.45, 2.75) is 18.9 Å². The van der Waals surface area contributed by atoms with E-state index in [0.717, 1.165) is 5.56 Å². The van der Waals surface area contributed by atoms with E-state index in [-0.39, 0.29) is 0 Å². The highest BCUT2D eigenvalue weighted by Crippen LogP contribution is 2.18. The Kier molecular flexibility index (Phi) is 4.26. The molecule has 0 amide bonds. The van der Waals surface area contributed by atoms with Crippen molar-refractivity contribution < 1.29 is 5.11 Å². The Hall–Kier alpha value is -0.530. The molecule has 1 N–H and O–H groups in total. The fourth-order valence-electron chi connectivity index (χ4n) is 1.07. The van der Waals surface area contributed by atoms with Crippen molar-refractivity contribution in [3.63, 3.8) is 0 Å². The van der Waals surface area contributed by atoms with Gasteiger partial charge in [-0.05, 0) is 46.7 Å². The van der Waals surface area contributed by atoms with E-state index in [1.54, 1.807) is 0 Å². The van der Waals surface area contributed by atoms with Crippen molar-refractivity contribution in [2.75, 3.05) is 0 Å². The molecule has 1 unspecified atom stereocenters. The molecule has 1 nitrogen and oxygen atoms in total. The summed E-state index contributed by atoms with van der Waals surface area (Å²) >= 11 is 2.23. The quantitative estimate of drug-likeness (QED) is 0.669. The first-order chi connectivity index (χ1) is 6.24. The maximum Gasteiger partial charge on any atom is 0.0799 e. The molecule has 0 heterocycles. The van der Waals surface area contributed by atoms with Crippen LogP contribution in [0.5, 0.6) is 0 Å². The maximum absolute atomic E-state index is 9.64. The monoisotopic (exact) mass is 286 g/mol. The molecule has 0 aliphatic heterocycles. The zero-order valence-corrected chi connectivity index (χ0v) is 9.36. The summed E-state index contributed by atoms with van der Waals surface area (Å²) in [5, 5.41) is 9.64. The van der Waals surface area contributed by atoms with E-state index in [1.807, 2.05) is 24.3 Å². The predicted octanol–water partition coefficient (Wildman–Crippen LogP) is 2.74. The molecular formula is C11H11IO. The minimum Gasteiger partial charge on any atom is -0.388 e. The SMILES string of the molecule is C#CCCC(O)c1ccc(I)cc1. The van der Waals surface area contributed by atoms with E-state index in [0.29, 0.717) is 12.8 Å². The summed E-state index contributed by atoms with van der Waals surface area (Å²) in [7, 11) is 0. The van der Waals surface area contributed by atoms with Crippen LogP contribution in [0.1, 0.15) is 24.5 Å². The summed E-state index contributed by atoms with van der Waals surface area (Å²) in [5.74, 6) is 2.52. The Labute approximate surface area is 92.3 Å². The van der Waals surface area contributed by atoms with Crippen LogP contribution < -0.4 is 0 Å². The average molecular weight is 286 g/mol. The van der Waals surface area contributed by atoms with E-state index in [2.05, 4.69) is 28.5 Å². The molecule has 0 saturated carbocycles. The van der Waals surface area contributed by atoms with E-state index < -0.39 is 6.10 Å². The zero-order valence-electron chi connectivity index (χ0n) is 7.20. The van der Waals surface area contributed by atoms with Gasteiger partial charge in [0.25, 0.3) is 0 Å². The second-order valence-electron chi connectivity index (χ2n) is 2.81. The lowest BCUT2D eigenvalue weighted by atomic mass is 10.1. The summed E-state index contributed by atoms with van der Waals surface area (Å²) in [4.78, 5) is 0. The van der Waals surface area contributed by atoms with Gasteiger partial charge in [0.2, 0.25) is 0 Å². The van der Waals surface area contributed by atoms with Crippen LogP contribution in [0.3, 0.4) is 0 Å². The predicted molar refractivity (Wildman–Crippen MR) is 62.2 cm³/mol. The molecule has 68 valence electrons. The van der Waals surface area contributed by atoms with Gasteiger partial charge in [0, 0.05) is 9.99 Å². The lowest BCUT2D eigenvalue weighted by molar-refractivity contribution is 0.169. The lowest BCUT2D eigenvalue weighted by Crippen LogP contribution is -1.96. The Bertz CT molecular complexity index is 297. The number of benzene rings is 1. The van der Waals surface area contributed by atoms with Gasteiger partial charge in [-0.2, -0.15) is 0 Å². The van der Waals surface area contributed by atoms with Crippen LogP contribution in [0.15, 0.2) is 24.3 Å². The molecule has 0 bridgehead atoms. The van der Waals surface area contributed by atoms with Crippen molar-refractivity contribution in [3.05, 3.63) is 33.4 Å². The van der Waals surface area contributed by atoms with Crippen LogP contribution in [0.2, 0.25) is 0 Å². The average Bonchev–Trinajstić information content (AvgIpc) is 2.15. The van der Waals surface area contributed by atoms with Gasteiger partial charge in [-0.25, -0.2) is 0 Å². The van der Waals surface area contributed by atoms with Crippen LogP contribution in [0.4, 0.5) is 0 Å². The zero-order chi connectivity index (χ0) is 9.68. The summed E-state index contributed by atoms with van der Waals surface area (Å²) < 4.78 is 1.17. The largest absolute Gasteiger partial charge is 0.388 e. The molecule has 1 aromatic rings. The van der Waals surface area contributed by atoms with Crippen molar-refractivity contribution in [1.82, 2.24) is 0 Å². The molecule has 1 rings (SSSR count).